The van der Waals surface area contributed by atoms with Gasteiger partial charge in [-0.3, -0.25) is 0 Å². The van der Waals surface area contributed by atoms with Crippen molar-refractivity contribution in [2.75, 3.05) is 0 Å². The van der Waals surface area contributed by atoms with Crippen LogP contribution in [-0.2, 0) is 0 Å². The van der Waals surface area contributed by atoms with Crippen molar-refractivity contribution in [3.05, 3.63) is 53.2 Å². The Morgan fingerprint density at radius 2 is 1.95 bits per heavy atom. The highest BCUT2D eigenvalue weighted by Crippen LogP contribution is 2.27. The largest absolute Gasteiger partial charge is 0.507 e. The smallest absolute Gasteiger partial charge is 0.253 e. The molecule has 4 heteroatoms. The molecule has 0 fully saturated rings. The Morgan fingerprint density at radius 3 is 2.70 bits per heavy atom. The quantitative estimate of drug-likeness (QED) is 0.715. The summed E-state index contributed by atoms with van der Waals surface area (Å²) in [5.41, 5.74) is 2.40. The zero-order chi connectivity index (χ0) is 14.1. The molecular formula is C16H14N2O2. The second-order valence-electron chi connectivity index (χ2n) is 4.68. The molecule has 0 radical (unpaired) electrons. The maximum atomic E-state index is 10.0. The highest BCUT2D eigenvalue weighted by molar-refractivity contribution is 6.02. The lowest BCUT2D eigenvalue weighted by Gasteiger charge is -2.04. The zero-order valence-corrected chi connectivity index (χ0v) is 11.3. The van der Waals surface area contributed by atoms with Gasteiger partial charge in [0.1, 0.15) is 5.75 Å². The van der Waals surface area contributed by atoms with Crippen molar-refractivity contribution in [2.45, 2.75) is 13.8 Å². The summed E-state index contributed by atoms with van der Waals surface area (Å²) in [5.74, 6) is 0.663. The van der Waals surface area contributed by atoms with Crippen molar-refractivity contribution in [3.8, 4) is 5.75 Å². The Kier molecular flexibility index (Phi) is 2.99. The van der Waals surface area contributed by atoms with E-state index in [1.165, 1.54) is 0 Å². The van der Waals surface area contributed by atoms with Gasteiger partial charge in [0.25, 0.3) is 5.88 Å². The monoisotopic (exact) mass is 266 g/mol. The van der Waals surface area contributed by atoms with Crippen LogP contribution >= 0.6 is 0 Å². The second-order valence-corrected chi connectivity index (χ2v) is 4.68. The molecule has 0 saturated heterocycles. The van der Waals surface area contributed by atoms with Gasteiger partial charge in [-0.25, -0.2) is 4.99 Å². The van der Waals surface area contributed by atoms with E-state index in [2.05, 4.69) is 10.1 Å². The number of hydrogen-bond donors (Lipinski definition) is 1. The fourth-order valence-electron chi connectivity index (χ4n) is 2.07. The molecule has 0 aliphatic carbocycles. The van der Waals surface area contributed by atoms with Crippen LogP contribution < -0.4 is 0 Å². The summed E-state index contributed by atoms with van der Waals surface area (Å²) in [5, 5.41) is 15.9. The SMILES string of the molecule is Cc1noc(N=Cc2c(O)ccc3ccccc23)c1C. The Bertz CT molecular complexity index is 803. The first kappa shape index (κ1) is 12.4. The van der Waals surface area contributed by atoms with Crippen LogP contribution in [0.4, 0.5) is 5.88 Å². The van der Waals surface area contributed by atoms with Crippen molar-refractivity contribution in [1.29, 1.82) is 0 Å². The molecule has 0 saturated carbocycles. The van der Waals surface area contributed by atoms with Crippen molar-refractivity contribution in [1.82, 2.24) is 5.16 Å². The minimum Gasteiger partial charge on any atom is -0.507 e. The molecule has 20 heavy (non-hydrogen) atoms. The number of aromatic hydroxyl groups is 1. The number of benzene rings is 2. The van der Waals surface area contributed by atoms with Crippen molar-refractivity contribution in [3.63, 3.8) is 0 Å². The Labute approximate surface area is 116 Å². The first-order valence-electron chi connectivity index (χ1n) is 6.34. The van der Waals surface area contributed by atoms with Crippen LogP contribution in [0.5, 0.6) is 5.75 Å². The molecule has 0 aliphatic rings. The fourth-order valence-corrected chi connectivity index (χ4v) is 2.07. The van der Waals surface area contributed by atoms with E-state index in [0.29, 0.717) is 11.4 Å². The summed E-state index contributed by atoms with van der Waals surface area (Å²) < 4.78 is 5.14. The first-order valence-corrected chi connectivity index (χ1v) is 6.34. The third-order valence-corrected chi connectivity index (χ3v) is 3.39. The average Bonchev–Trinajstić information content (AvgIpc) is 2.78. The van der Waals surface area contributed by atoms with Crippen LogP contribution in [0.2, 0.25) is 0 Å². The van der Waals surface area contributed by atoms with Gasteiger partial charge in [-0.2, -0.15) is 0 Å². The Balaban J connectivity index is 2.11. The predicted molar refractivity (Wildman–Crippen MR) is 78.8 cm³/mol. The van der Waals surface area contributed by atoms with E-state index in [4.69, 9.17) is 4.52 Å². The molecule has 1 aromatic heterocycles. The van der Waals surface area contributed by atoms with Crippen LogP contribution in [0, 0.1) is 13.8 Å². The predicted octanol–water partition coefficient (Wildman–Crippen LogP) is 3.90. The maximum absolute atomic E-state index is 10.0. The first-order chi connectivity index (χ1) is 9.66. The van der Waals surface area contributed by atoms with Gasteiger partial charge in [-0.15, -0.1) is 0 Å². The number of hydrogen-bond acceptors (Lipinski definition) is 4. The number of phenolic OH excluding ortho intramolecular Hbond substituents is 1. The summed E-state index contributed by atoms with van der Waals surface area (Å²) >= 11 is 0. The summed E-state index contributed by atoms with van der Waals surface area (Å²) in [4.78, 5) is 4.29. The number of phenols is 1. The summed E-state index contributed by atoms with van der Waals surface area (Å²) in [6, 6.07) is 11.4. The molecule has 4 nitrogen and oxygen atoms in total. The fraction of sp³-hybridized carbons (Fsp3) is 0.125. The van der Waals surface area contributed by atoms with Crippen LogP contribution in [0.3, 0.4) is 0 Å². The van der Waals surface area contributed by atoms with Gasteiger partial charge in [-0.05, 0) is 30.7 Å². The lowest BCUT2D eigenvalue weighted by Crippen LogP contribution is -1.85. The van der Waals surface area contributed by atoms with Gasteiger partial charge >= 0.3 is 0 Å². The normalized spacial score (nSPS) is 11.5. The molecule has 0 bridgehead atoms. The highest BCUT2D eigenvalue weighted by atomic mass is 16.5. The van der Waals surface area contributed by atoms with E-state index in [-0.39, 0.29) is 5.75 Å². The van der Waals surface area contributed by atoms with E-state index in [1.54, 1.807) is 12.3 Å². The van der Waals surface area contributed by atoms with Gasteiger partial charge in [0, 0.05) is 17.3 Å². The van der Waals surface area contributed by atoms with Crippen LogP contribution in [0.15, 0.2) is 45.9 Å². The summed E-state index contributed by atoms with van der Waals surface area (Å²) in [6.45, 7) is 3.77. The molecule has 0 amide bonds. The minimum absolute atomic E-state index is 0.196. The van der Waals surface area contributed by atoms with Crippen molar-refractivity contribution < 1.29 is 9.63 Å². The lowest BCUT2D eigenvalue weighted by atomic mass is 10.0. The molecule has 3 aromatic rings. The molecule has 0 aliphatic heterocycles. The van der Waals surface area contributed by atoms with Gasteiger partial charge in [-0.1, -0.05) is 35.5 Å². The van der Waals surface area contributed by atoms with Gasteiger partial charge in [0.05, 0.1) is 5.69 Å². The maximum Gasteiger partial charge on any atom is 0.253 e. The molecule has 3 rings (SSSR count). The van der Waals surface area contributed by atoms with Crippen LogP contribution in [0.1, 0.15) is 16.8 Å². The minimum atomic E-state index is 0.196. The standard InChI is InChI=1S/C16H14N2O2/c1-10-11(2)18-20-16(10)17-9-14-13-6-4-3-5-12(13)7-8-15(14)19/h3-9,19H,1-2H3. The average molecular weight is 266 g/mol. The topological polar surface area (TPSA) is 58.6 Å². The summed E-state index contributed by atoms with van der Waals surface area (Å²) in [7, 11) is 0. The molecule has 2 aromatic carbocycles. The number of fused-ring (bicyclic) bond motifs is 1. The highest BCUT2D eigenvalue weighted by Gasteiger charge is 2.08. The second kappa shape index (κ2) is 4.81. The van der Waals surface area contributed by atoms with E-state index >= 15 is 0 Å². The number of aliphatic imine (C=N–C) groups is 1. The van der Waals surface area contributed by atoms with E-state index < -0.39 is 0 Å². The number of rotatable bonds is 2. The van der Waals surface area contributed by atoms with Gasteiger partial charge in [0.15, 0.2) is 0 Å². The third-order valence-electron chi connectivity index (χ3n) is 3.39. The van der Waals surface area contributed by atoms with Crippen molar-refractivity contribution >= 4 is 22.9 Å². The molecule has 1 N–H and O–H groups in total. The van der Waals surface area contributed by atoms with E-state index in [0.717, 1.165) is 22.0 Å². The Hall–Kier alpha value is -2.62. The molecule has 100 valence electrons. The van der Waals surface area contributed by atoms with E-state index in [9.17, 15) is 5.11 Å². The summed E-state index contributed by atoms with van der Waals surface area (Å²) in [6.07, 6.45) is 1.62. The van der Waals surface area contributed by atoms with Gasteiger partial charge < -0.3 is 9.63 Å². The number of nitrogens with zero attached hydrogens (tertiary/aromatic N) is 2. The molecule has 1 heterocycles. The third kappa shape index (κ3) is 2.05. The lowest BCUT2D eigenvalue weighted by molar-refractivity contribution is 0.425. The number of aryl methyl sites for hydroxylation is 1. The van der Waals surface area contributed by atoms with Crippen LogP contribution in [0.25, 0.3) is 10.8 Å². The molecule has 0 atom stereocenters. The molecule has 0 spiro atoms. The van der Waals surface area contributed by atoms with Crippen LogP contribution in [-0.4, -0.2) is 16.5 Å². The molecular weight excluding hydrogens is 252 g/mol. The van der Waals surface area contributed by atoms with Gasteiger partial charge in [0.2, 0.25) is 0 Å². The molecule has 0 unspecified atom stereocenters. The van der Waals surface area contributed by atoms with E-state index in [1.807, 2.05) is 44.2 Å². The van der Waals surface area contributed by atoms with Crippen molar-refractivity contribution in [2.24, 2.45) is 4.99 Å². The zero-order valence-electron chi connectivity index (χ0n) is 11.3. The Morgan fingerprint density at radius 1 is 1.15 bits per heavy atom. The number of aromatic nitrogens is 1.